The summed E-state index contributed by atoms with van der Waals surface area (Å²) in [6, 6.07) is 5.07. The normalized spacial score (nSPS) is 14.9. The Morgan fingerprint density at radius 1 is 1.27 bits per heavy atom. The third kappa shape index (κ3) is 5.68. The summed E-state index contributed by atoms with van der Waals surface area (Å²) in [5.74, 6) is -0.333. The molecule has 3 aromatic rings. The molecule has 2 amide bonds. The standard InChI is InChI=1S/C21H23F3N6O3/c1-2-13-19(30-33-29-13)20(32)25-10-16-26-14-6-5-12(9-15(14)27-16)18(11-3-4-11)28-17(31)7-8-21(22,23)24/h5-6,9,11,18H,2-4,7-8,10H2,1H3,(H,25,32)(H,26,27)(H,28,31). The highest BCUT2D eigenvalue weighted by Gasteiger charge is 2.35. The molecule has 0 saturated heterocycles. The van der Waals surface area contributed by atoms with Crippen molar-refractivity contribution in [1.29, 1.82) is 0 Å². The van der Waals surface area contributed by atoms with Gasteiger partial charge < -0.3 is 15.6 Å². The van der Waals surface area contributed by atoms with Gasteiger partial charge >= 0.3 is 6.18 Å². The van der Waals surface area contributed by atoms with Crippen LogP contribution in [-0.2, 0) is 17.8 Å². The quantitative estimate of drug-likeness (QED) is 0.446. The van der Waals surface area contributed by atoms with Crippen LogP contribution in [0.2, 0.25) is 0 Å². The fourth-order valence-corrected chi connectivity index (χ4v) is 3.62. The number of fused-ring (bicyclic) bond motifs is 1. The topological polar surface area (TPSA) is 126 Å². The Morgan fingerprint density at radius 2 is 2.06 bits per heavy atom. The fraction of sp³-hybridized carbons (Fsp3) is 0.476. The van der Waals surface area contributed by atoms with Gasteiger partial charge in [-0.15, -0.1) is 0 Å². The Balaban J connectivity index is 1.43. The molecule has 1 aromatic carbocycles. The minimum atomic E-state index is -4.37. The van der Waals surface area contributed by atoms with E-state index in [9.17, 15) is 22.8 Å². The highest BCUT2D eigenvalue weighted by Crippen LogP contribution is 2.41. The Kier molecular flexibility index (Phi) is 6.34. The third-order valence-corrected chi connectivity index (χ3v) is 5.48. The number of rotatable bonds is 9. The number of H-pyrrole nitrogens is 1. The molecule has 0 spiro atoms. The number of nitrogens with one attached hydrogen (secondary N) is 3. The van der Waals surface area contributed by atoms with Gasteiger partial charge in [-0.05, 0) is 48.0 Å². The zero-order valence-corrected chi connectivity index (χ0v) is 17.8. The Morgan fingerprint density at radius 3 is 2.76 bits per heavy atom. The van der Waals surface area contributed by atoms with Crippen LogP contribution in [0.3, 0.4) is 0 Å². The second kappa shape index (κ2) is 9.20. The van der Waals surface area contributed by atoms with Crippen molar-refractivity contribution < 1.29 is 27.4 Å². The summed E-state index contributed by atoms with van der Waals surface area (Å²) in [7, 11) is 0. The number of aromatic nitrogens is 4. The molecule has 4 rings (SSSR count). The average Bonchev–Trinajstić information content (AvgIpc) is 3.35. The van der Waals surface area contributed by atoms with E-state index in [0.29, 0.717) is 29.0 Å². The highest BCUT2D eigenvalue weighted by molar-refractivity contribution is 5.93. The number of aryl methyl sites for hydroxylation is 1. The first-order chi connectivity index (χ1) is 15.7. The zero-order chi connectivity index (χ0) is 23.6. The lowest BCUT2D eigenvalue weighted by Gasteiger charge is -2.19. The number of hydrogen-bond acceptors (Lipinski definition) is 6. The monoisotopic (exact) mass is 464 g/mol. The lowest BCUT2D eigenvalue weighted by Crippen LogP contribution is -2.30. The molecule has 1 unspecified atom stereocenters. The summed E-state index contributed by atoms with van der Waals surface area (Å²) in [6.07, 6.45) is -3.79. The van der Waals surface area contributed by atoms with Crippen LogP contribution in [-0.4, -0.2) is 38.3 Å². The van der Waals surface area contributed by atoms with Gasteiger partial charge in [0.15, 0.2) is 5.69 Å². The van der Waals surface area contributed by atoms with Crippen molar-refractivity contribution in [3.05, 3.63) is 41.0 Å². The van der Waals surface area contributed by atoms with E-state index in [2.05, 4.69) is 35.5 Å². The van der Waals surface area contributed by atoms with Gasteiger partial charge in [-0.25, -0.2) is 9.61 Å². The molecular formula is C21H23F3N6O3. The van der Waals surface area contributed by atoms with Crippen LogP contribution in [0.5, 0.6) is 0 Å². The molecule has 9 nitrogen and oxygen atoms in total. The minimum Gasteiger partial charge on any atom is -0.349 e. The van der Waals surface area contributed by atoms with E-state index < -0.39 is 30.8 Å². The molecule has 33 heavy (non-hydrogen) atoms. The van der Waals surface area contributed by atoms with Gasteiger partial charge in [0.1, 0.15) is 11.5 Å². The highest BCUT2D eigenvalue weighted by atomic mass is 19.4. The SMILES string of the molecule is CCc1nonc1C(=O)NCc1nc2ccc(C(NC(=O)CCC(F)(F)F)C3CC3)cc2[nH]1. The van der Waals surface area contributed by atoms with Crippen molar-refractivity contribution in [3.63, 3.8) is 0 Å². The van der Waals surface area contributed by atoms with E-state index in [1.54, 1.807) is 6.07 Å². The van der Waals surface area contributed by atoms with Crippen molar-refractivity contribution in [2.24, 2.45) is 5.92 Å². The van der Waals surface area contributed by atoms with E-state index in [1.165, 1.54) is 0 Å². The minimum absolute atomic E-state index is 0.124. The maximum Gasteiger partial charge on any atom is 0.389 e. The van der Waals surface area contributed by atoms with Crippen molar-refractivity contribution >= 4 is 22.8 Å². The number of imidazole rings is 1. The predicted octanol–water partition coefficient (Wildman–Crippen LogP) is 3.35. The van der Waals surface area contributed by atoms with Crippen molar-refractivity contribution in [2.45, 2.75) is 57.8 Å². The van der Waals surface area contributed by atoms with Gasteiger partial charge in [-0.1, -0.05) is 18.1 Å². The lowest BCUT2D eigenvalue weighted by molar-refractivity contribution is -0.144. The Hall–Kier alpha value is -3.44. The zero-order valence-electron chi connectivity index (χ0n) is 17.8. The molecule has 0 radical (unpaired) electrons. The van der Waals surface area contributed by atoms with Crippen molar-refractivity contribution in [3.8, 4) is 0 Å². The summed E-state index contributed by atoms with van der Waals surface area (Å²) in [5, 5.41) is 12.8. The number of hydrogen-bond donors (Lipinski definition) is 3. The number of alkyl halides is 3. The first-order valence-electron chi connectivity index (χ1n) is 10.7. The largest absolute Gasteiger partial charge is 0.389 e. The van der Waals surface area contributed by atoms with Crippen LogP contribution in [0, 0.1) is 5.92 Å². The van der Waals surface area contributed by atoms with Gasteiger partial charge in [0, 0.05) is 6.42 Å². The molecular weight excluding hydrogens is 441 g/mol. The molecule has 1 saturated carbocycles. The predicted molar refractivity (Wildman–Crippen MR) is 110 cm³/mol. The maximum atomic E-state index is 12.4. The lowest BCUT2D eigenvalue weighted by atomic mass is 10.0. The first-order valence-corrected chi connectivity index (χ1v) is 10.7. The molecule has 2 heterocycles. The second-order valence-electron chi connectivity index (χ2n) is 8.05. The number of aromatic amines is 1. The van der Waals surface area contributed by atoms with E-state index in [-0.39, 0.29) is 24.2 Å². The molecule has 176 valence electrons. The summed E-state index contributed by atoms with van der Waals surface area (Å²) in [4.78, 5) is 31.9. The number of carbonyl (C=O) groups excluding carboxylic acids is 2. The number of amides is 2. The first kappa shape index (κ1) is 22.7. The molecule has 1 aliphatic rings. The average molecular weight is 464 g/mol. The van der Waals surface area contributed by atoms with E-state index in [0.717, 1.165) is 18.4 Å². The van der Waals surface area contributed by atoms with Gasteiger partial charge in [0.2, 0.25) is 5.91 Å². The Labute approximate surface area is 186 Å². The summed E-state index contributed by atoms with van der Waals surface area (Å²) >= 11 is 0. The van der Waals surface area contributed by atoms with E-state index >= 15 is 0 Å². The van der Waals surface area contributed by atoms with Crippen LogP contribution < -0.4 is 10.6 Å². The third-order valence-electron chi connectivity index (χ3n) is 5.48. The smallest absolute Gasteiger partial charge is 0.349 e. The molecule has 12 heteroatoms. The molecule has 1 aliphatic carbocycles. The number of nitrogens with zero attached hydrogens (tertiary/aromatic N) is 3. The molecule has 0 aliphatic heterocycles. The van der Waals surface area contributed by atoms with Crippen LogP contribution >= 0.6 is 0 Å². The van der Waals surface area contributed by atoms with Gasteiger partial charge in [-0.3, -0.25) is 9.59 Å². The second-order valence-corrected chi connectivity index (χ2v) is 8.05. The number of halogens is 3. The van der Waals surface area contributed by atoms with E-state index in [4.69, 9.17) is 0 Å². The van der Waals surface area contributed by atoms with Crippen LogP contribution in [0.4, 0.5) is 13.2 Å². The van der Waals surface area contributed by atoms with Crippen LogP contribution in [0.15, 0.2) is 22.8 Å². The van der Waals surface area contributed by atoms with Crippen LogP contribution in [0.1, 0.15) is 66.2 Å². The molecule has 1 atom stereocenters. The molecule has 1 fully saturated rings. The van der Waals surface area contributed by atoms with Crippen LogP contribution in [0.25, 0.3) is 11.0 Å². The number of carbonyl (C=O) groups is 2. The van der Waals surface area contributed by atoms with Crippen molar-refractivity contribution in [1.82, 2.24) is 30.9 Å². The fourth-order valence-electron chi connectivity index (χ4n) is 3.62. The molecule has 0 bridgehead atoms. The molecule has 2 aromatic heterocycles. The van der Waals surface area contributed by atoms with Gasteiger partial charge in [-0.2, -0.15) is 13.2 Å². The Bertz CT molecular complexity index is 1150. The summed E-state index contributed by atoms with van der Waals surface area (Å²) in [6.45, 7) is 1.96. The summed E-state index contributed by atoms with van der Waals surface area (Å²) < 4.78 is 41.9. The maximum absolute atomic E-state index is 12.4. The van der Waals surface area contributed by atoms with Crippen molar-refractivity contribution in [2.75, 3.05) is 0 Å². The summed E-state index contributed by atoms with van der Waals surface area (Å²) in [5.41, 5.74) is 2.75. The molecule has 3 N–H and O–H groups in total. The van der Waals surface area contributed by atoms with Gasteiger partial charge in [0.25, 0.3) is 5.91 Å². The number of benzene rings is 1. The van der Waals surface area contributed by atoms with Gasteiger partial charge in [0.05, 0.1) is 30.0 Å². The van der Waals surface area contributed by atoms with E-state index in [1.807, 2.05) is 19.1 Å².